The minimum absolute atomic E-state index is 0.00229. The Morgan fingerprint density at radius 1 is 0.865 bits per heavy atom. The van der Waals surface area contributed by atoms with E-state index in [0.29, 0.717) is 18.6 Å². The third-order valence-electron chi connectivity index (χ3n) is 6.12. The van der Waals surface area contributed by atoms with E-state index in [1.54, 1.807) is 30.3 Å². The quantitative estimate of drug-likeness (QED) is 0.347. The van der Waals surface area contributed by atoms with E-state index in [0.717, 1.165) is 31.4 Å². The molecule has 0 spiro atoms. The predicted octanol–water partition coefficient (Wildman–Crippen LogP) is 3.66. The number of nitrogens with one attached hydrogen (secondary N) is 1. The Morgan fingerprint density at radius 2 is 1.57 bits per heavy atom. The number of furan rings is 1. The number of primary sulfonamides is 1. The second-order valence-corrected chi connectivity index (χ2v) is 14.0. The van der Waals surface area contributed by atoms with Crippen molar-refractivity contribution in [2.24, 2.45) is 11.1 Å². The van der Waals surface area contributed by atoms with Crippen LogP contribution in [-0.4, -0.2) is 31.0 Å². The molecule has 37 heavy (non-hydrogen) atoms. The molecule has 0 aliphatic heterocycles. The topological polar surface area (TPSA) is 163 Å². The van der Waals surface area contributed by atoms with Crippen LogP contribution in [0.5, 0.6) is 5.75 Å². The zero-order chi connectivity index (χ0) is 26.7. The van der Waals surface area contributed by atoms with Crippen LogP contribution in [0, 0.1) is 5.92 Å². The number of sulfone groups is 1. The number of nitrogens with two attached hydrogens (primary N) is 1. The maximum absolute atomic E-state index is 13.5. The summed E-state index contributed by atoms with van der Waals surface area (Å²) in [6.07, 6.45) is 5.67. The highest BCUT2D eigenvalue weighted by atomic mass is 32.2. The second kappa shape index (κ2) is 10.9. The maximum Gasteiger partial charge on any atom is 0.341 e. The predicted molar refractivity (Wildman–Crippen MR) is 137 cm³/mol. The first-order valence-corrected chi connectivity index (χ1v) is 16.3. The van der Waals surface area contributed by atoms with Crippen molar-refractivity contribution in [3.63, 3.8) is 0 Å². The molecule has 1 aliphatic rings. The van der Waals surface area contributed by atoms with E-state index in [9.17, 15) is 25.3 Å². The summed E-state index contributed by atoms with van der Waals surface area (Å²) in [4.78, 5) is -1.94. The molecule has 1 fully saturated rings. The van der Waals surface area contributed by atoms with Crippen molar-refractivity contribution in [1.82, 2.24) is 0 Å². The van der Waals surface area contributed by atoms with Crippen LogP contribution in [0.15, 0.2) is 80.0 Å². The Hall–Kier alpha value is -2.87. The van der Waals surface area contributed by atoms with Gasteiger partial charge in [-0.3, -0.25) is 0 Å². The lowest BCUT2D eigenvalue weighted by Crippen LogP contribution is -2.24. The zero-order valence-electron chi connectivity index (χ0n) is 19.9. The fourth-order valence-corrected chi connectivity index (χ4v) is 8.69. The lowest BCUT2D eigenvalue weighted by molar-refractivity contribution is 0.385. The fraction of sp³-hybridized carbons (Fsp3) is 0.333. The standard InChI is InChI=1S/C24H28N2O8S3/c25-36(29,30)24-15-22(37(31,32)34-19-10-5-2-6-11-19)21(26-16-20-12-7-13-33-20)14-23(24)35(27,28)17-18-8-3-1-4-9-18/h2,5-7,10-15,18,26H,1,3-4,8-9,16-17H2,(H2,25,29,30). The van der Waals surface area contributed by atoms with Gasteiger partial charge in [0.05, 0.1) is 29.1 Å². The first kappa shape index (κ1) is 27.2. The van der Waals surface area contributed by atoms with E-state index in [4.69, 9.17) is 13.7 Å². The molecule has 0 saturated heterocycles. The summed E-state index contributed by atoms with van der Waals surface area (Å²) in [5.74, 6) is 0.0382. The molecule has 1 aromatic heterocycles. The first-order chi connectivity index (χ1) is 17.5. The van der Waals surface area contributed by atoms with Crippen molar-refractivity contribution in [2.75, 3.05) is 11.1 Å². The van der Waals surface area contributed by atoms with Crippen LogP contribution in [0.4, 0.5) is 5.69 Å². The van der Waals surface area contributed by atoms with Crippen molar-refractivity contribution in [2.45, 2.75) is 53.3 Å². The highest BCUT2D eigenvalue weighted by Crippen LogP contribution is 2.35. The van der Waals surface area contributed by atoms with Gasteiger partial charge in [-0.15, -0.1) is 0 Å². The Labute approximate surface area is 216 Å². The lowest BCUT2D eigenvalue weighted by atomic mass is 9.91. The van der Waals surface area contributed by atoms with Gasteiger partial charge in [0.25, 0.3) is 0 Å². The van der Waals surface area contributed by atoms with Gasteiger partial charge in [0.15, 0.2) is 9.84 Å². The monoisotopic (exact) mass is 568 g/mol. The SMILES string of the molecule is NS(=O)(=O)c1cc(S(=O)(=O)Oc2ccccc2)c(NCc2ccco2)cc1S(=O)(=O)CC1CCCCC1. The van der Waals surface area contributed by atoms with Gasteiger partial charge < -0.3 is 13.9 Å². The van der Waals surface area contributed by atoms with E-state index >= 15 is 0 Å². The van der Waals surface area contributed by atoms with Crippen LogP contribution in [-0.2, 0) is 36.5 Å². The fourth-order valence-electron chi connectivity index (χ4n) is 4.35. The molecule has 0 unspecified atom stereocenters. The van der Waals surface area contributed by atoms with E-state index in [2.05, 4.69) is 5.32 Å². The zero-order valence-corrected chi connectivity index (χ0v) is 22.3. The van der Waals surface area contributed by atoms with Gasteiger partial charge in [0.1, 0.15) is 21.3 Å². The average molecular weight is 569 g/mol. The number of rotatable bonds is 10. The van der Waals surface area contributed by atoms with Crippen LogP contribution < -0.4 is 14.6 Å². The van der Waals surface area contributed by atoms with Gasteiger partial charge >= 0.3 is 10.1 Å². The molecule has 0 bridgehead atoms. The molecule has 1 saturated carbocycles. The van der Waals surface area contributed by atoms with E-state index in [-0.39, 0.29) is 29.7 Å². The largest absolute Gasteiger partial charge is 0.467 e. The number of hydrogen-bond acceptors (Lipinski definition) is 9. The summed E-state index contributed by atoms with van der Waals surface area (Å²) in [7, 11) is -13.4. The highest BCUT2D eigenvalue weighted by molar-refractivity contribution is 7.93. The maximum atomic E-state index is 13.5. The van der Waals surface area contributed by atoms with Crippen molar-refractivity contribution in [3.05, 3.63) is 66.6 Å². The Kier molecular flexibility index (Phi) is 7.97. The van der Waals surface area contributed by atoms with Gasteiger partial charge in [-0.25, -0.2) is 22.0 Å². The van der Waals surface area contributed by atoms with Gasteiger partial charge in [-0.1, -0.05) is 37.5 Å². The number of para-hydroxylation sites is 1. The van der Waals surface area contributed by atoms with E-state index < -0.39 is 44.7 Å². The lowest BCUT2D eigenvalue weighted by Gasteiger charge is -2.22. The van der Waals surface area contributed by atoms with Crippen LogP contribution in [0.3, 0.4) is 0 Å². The number of anilines is 1. The van der Waals surface area contributed by atoms with Crippen LogP contribution in [0.1, 0.15) is 37.9 Å². The number of sulfonamides is 1. The molecule has 3 N–H and O–H groups in total. The van der Waals surface area contributed by atoms with Crippen molar-refractivity contribution >= 4 is 35.7 Å². The third kappa shape index (κ3) is 6.72. The van der Waals surface area contributed by atoms with Crippen LogP contribution in [0.2, 0.25) is 0 Å². The molecule has 1 heterocycles. The van der Waals surface area contributed by atoms with Gasteiger partial charge in [0.2, 0.25) is 10.0 Å². The average Bonchev–Trinajstić information content (AvgIpc) is 3.36. The summed E-state index contributed by atoms with van der Waals surface area (Å²) < 4.78 is 89.0. The highest BCUT2D eigenvalue weighted by Gasteiger charge is 2.33. The Balaban J connectivity index is 1.84. The molecule has 0 radical (unpaired) electrons. The Morgan fingerprint density at radius 3 is 2.19 bits per heavy atom. The van der Waals surface area contributed by atoms with Crippen molar-refractivity contribution < 1.29 is 33.9 Å². The normalized spacial score (nSPS) is 15.4. The van der Waals surface area contributed by atoms with Crippen molar-refractivity contribution in [3.8, 4) is 5.75 Å². The number of hydrogen-bond donors (Lipinski definition) is 2. The summed E-state index contributed by atoms with van der Waals surface area (Å²) >= 11 is 0. The molecule has 0 amide bonds. The summed E-state index contributed by atoms with van der Waals surface area (Å²) in [5, 5.41) is 8.24. The third-order valence-corrected chi connectivity index (χ3v) is 10.4. The molecule has 2 aromatic carbocycles. The van der Waals surface area contributed by atoms with Gasteiger partial charge in [-0.05, 0) is 55.2 Å². The van der Waals surface area contributed by atoms with Gasteiger partial charge in [-0.2, -0.15) is 8.42 Å². The van der Waals surface area contributed by atoms with Crippen LogP contribution >= 0.6 is 0 Å². The molecular weight excluding hydrogens is 540 g/mol. The number of benzene rings is 2. The molecule has 10 nitrogen and oxygen atoms in total. The van der Waals surface area contributed by atoms with Crippen LogP contribution in [0.25, 0.3) is 0 Å². The molecule has 13 heteroatoms. The molecular formula is C24H28N2O8S3. The summed E-state index contributed by atoms with van der Waals surface area (Å²) in [6.45, 7) is -0.00229. The Bertz CT molecular complexity index is 1550. The molecule has 0 atom stereocenters. The molecule has 1 aliphatic carbocycles. The first-order valence-electron chi connectivity index (χ1n) is 11.6. The molecule has 3 aromatic rings. The molecule has 200 valence electrons. The summed E-state index contributed by atoms with van der Waals surface area (Å²) in [6, 6.07) is 12.6. The minimum Gasteiger partial charge on any atom is -0.467 e. The second-order valence-electron chi connectivity index (χ2n) is 8.91. The molecule has 4 rings (SSSR count). The van der Waals surface area contributed by atoms with E-state index in [1.807, 2.05) is 0 Å². The summed E-state index contributed by atoms with van der Waals surface area (Å²) in [5.41, 5.74) is -0.165. The van der Waals surface area contributed by atoms with Crippen molar-refractivity contribution in [1.29, 1.82) is 0 Å². The smallest absolute Gasteiger partial charge is 0.341 e. The minimum atomic E-state index is -4.63. The van der Waals surface area contributed by atoms with Gasteiger partial charge in [0, 0.05) is 0 Å². The van der Waals surface area contributed by atoms with E-state index in [1.165, 1.54) is 18.4 Å².